The average molecular weight is 609 g/mol. The summed E-state index contributed by atoms with van der Waals surface area (Å²) in [6.45, 7) is 6.72. The van der Waals surface area contributed by atoms with Gasteiger partial charge in [-0.15, -0.1) is 0 Å². The number of aromatic nitrogens is 2. The van der Waals surface area contributed by atoms with E-state index in [0.29, 0.717) is 85.0 Å². The Morgan fingerprint density at radius 3 is 2.31 bits per heavy atom. The lowest BCUT2D eigenvalue weighted by Gasteiger charge is -2.29. The molecule has 3 aromatic carbocycles. The van der Waals surface area contributed by atoms with E-state index >= 15 is 4.39 Å². The number of carbonyl (C=O) groups is 1. The van der Waals surface area contributed by atoms with Crippen LogP contribution >= 0.6 is 0 Å². The summed E-state index contributed by atoms with van der Waals surface area (Å²) in [6, 6.07) is 20.1. The van der Waals surface area contributed by atoms with Crippen LogP contribution in [0.1, 0.15) is 12.5 Å². The lowest BCUT2D eigenvalue weighted by atomic mass is 10.0. The van der Waals surface area contributed by atoms with E-state index in [-0.39, 0.29) is 11.7 Å². The van der Waals surface area contributed by atoms with Crippen LogP contribution in [0.5, 0.6) is 0 Å². The molecule has 0 saturated carbocycles. The molecule has 1 amide bonds. The van der Waals surface area contributed by atoms with Gasteiger partial charge in [-0.1, -0.05) is 6.07 Å². The predicted octanol–water partition coefficient (Wildman–Crippen LogP) is 5.27. The van der Waals surface area contributed by atoms with Gasteiger partial charge in [0.25, 0.3) is 0 Å². The largest absolute Gasteiger partial charge is 0.378 e. The molecule has 4 aromatic rings. The number of carbonyl (C=O) groups excluding carboxylic acids is 1. The SMILES string of the molecule is CC(=O)Nc1ccc(C#N)c(-c2nc(Nc3cccc(N4CCOCC4)c3)ncc2Nc2ccc(N3CCOCC3)c(F)c2)c1. The summed E-state index contributed by atoms with van der Waals surface area (Å²) < 4.78 is 26.2. The third-order valence-electron chi connectivity index (χ3n) is 7.56. The Morgan fingerprint density at radius 1 is 0.889 bits per heavy atom. The zero-order chi connectivity index (χ0) is 31.2. The molecule has 45 heavy (non-hydrogen) atoms. The van der Waals surface area contributed by atoms with Gasteiger partial charge < -0.3 is 35.2 Å². The number of hydrogen-bond acceptors (Lipinski definition) is 10. The van der Waals surface area contributed by atoms with Crippen molar-refractivity contribution in [2.45, 2.75) is 6.92 Å². The van der Waals surface area contributed by atoms with Crippen molar-refractivity contribution >= 4 is 46.0 Å². The topological polar surface area (TPSA) is 128 Å². The molecule has 0 aliphatic carbocycles. The van der Waals surface area contributed by atoms with Gasteiger partial charge in [0.15, 0.2) is 0 Å². The van der Waals surface area contributed by atoms with Crippen LogP contribution in [-0.4, -0.2) is 68.5 Å². The van der Waals surface area contributed by atoms with E-state index in [1.165, 1.54) is 13.0 Å². The van der Waals surface area contributed by atoms with E-state index < -0.39 is 0 Å². The van der Waals surface area contributed by atoms with Gasteiger partial charge in [-0.2, -0.15) is 5.26 Å². The molecular formula is C33H33FN8O3. The third-order valence-corrected chi connectivity index (χ3v) is 7.56. The molecule has 2 fully saturated rings. The lowest BCUT2D eigenvalue weighted by molar-refractivity contribution is -0.114. The Labute approximate surface area is 260 Å². The fourth-order valence-electron chi connectivity index (χ4n) is 5.39. The molecule has 3 heterocycles. The maximum Gasteiger partial charge on any atom is 0.227 e. The summed E-state index contributed by atoms with van der Waals surface area (Å²) in [5.74, 6) is -0.310. The molecule has 12 heteroatoms. The van der Waals surface area contributed by atoms with Crippen molar-refractivity contribution in [1.29, 1.82) is 5.26 Å². The first-order valence-electron chi connectivity index (χ1n) is 14.7. The van der Waals surface area contributed by atoms with Gasteiger partial charge in [0.05, 0.1) is 55.6 Å². The number of ether oxygens (including phenoxy) is 2. The Kier molecular flexibility index (Phi) is 9.00. The molecular weight excluding hydrogens is 575 g/mol. The minimum Gasteiger partial charge on any atom is -0.378 e. The summed E-state index contributed by atoms with van der Waals surface area (Å²) in [6.07, 6.45) is 1.59. The standard InChI is InChI=1S/C33H33FN8O3/c1-22(43)37-25-6-5-23(20-35)28(18-25)32-30(38-26-7-8-31(29(34)19-26)42-11-15-45-16-12-42)21-36-33(40-32)39-24-3-2-4-27(17-24)41-9-13-44-14-10-41/h2-8,17-19,21,38H,9-16H2,1H3,(H,37,43)(H,36,39,40). The number of nitrogens with zero attached hydrogens (tertiary/aromatic N) is 5. The molecule has 0 atom stereocenters. The number of hydrogen-bond donors (Lipinski definition) is 3. The van der Waals surface area contributed by atoms with Crippen molar-refractivity contribution in [1.82, 2.24) is 9.97 Å². The highest BCUT2D eigenvalue weighted by molar-refractivity contribution is 5.91. The van der Waals surface area contributed by atoms with E-state index in [9.17, 15) is 10.1 Å². The Bertz CT molecular complexity index is 1730. The quantitative estimate of drug-likeness (QED) is 0.243. The molecule has 2 aliphatic rings. The number of amides is 1. The third kappa shape index (κ3) is 7.12. The van der Waals surface area contributed by atoms with E-state index in [1.807, 2.05) is 29.2 Å². The number of benzene rings is 3. The Balaban J connectivity index is 1.35. The zero-order valence-electron chi connectivity index (χ0n) is 24.8. The zero-order valence-corrected chi connectivity index (χ0v) is 24.8. The number of rotatable bonds is 8. The average Bonchev–Trinajstić information content (AvgIpc) is 3.06. The highest BCUT2D eigenvalue weighted by Gasteiger charge is 2.19. The second-order valence-electron chi connectivity index (χ2n) is 10.7. The second kappa shape index (κ2) is 13.6. The summed E-state index contributed by atoms with van der Waals surface area (Å²) in [5.41, 5.74) is 5.03. The minimum atomic E-state index is -0.367. The monoisotopic (exact) mass is 608 g/mol. The molecule has 0 spiro atoms. The fourth-order valence-corrected chi connectivity index (χ4v) is 5.39. The van der Waals surface area contributed by atoms with Gasteiger partial charge in [0.2, 0.25) is 11.9 Å². The summed E-state index contributed by atoms with van der Waals surface area (Å²) in [5, 5.41) is 19.3. The van der Waals surface area contributed by atoms with Gasteiger partial charge in [0, 0.05) is 61.4 Å². The number of anilines is 7. The first kappa shape index (κ1) is 29.8. The van der Waals surface area contributed by atoms with Gasteiger partial charge in [-0.05, 0) is 54.6 Å². The van der Waals surface area contributed by atoms with Gasteiger partial charge in [-0.3, -0.25) is 4.79 Å². The molecule has 2 saturated heterocycles. The normalized spacial score (nSPS) is 14.9. The molecule has 1 aromatic heterocycles. The van der Waals surface area contributed by atoms with Crippen molar-refractivity contribution in [3.63, 3.8) is 0 Å². The van der Waals surface area contributed by atoms with Crippen molar-refractivity contribution in [3.8, 4) is 17.3 Å². The van der Waals surface area contributed by atoms with Crippen molar-refractivity contribution in [2.75, 3.05) is 78.4 Å². The van der Waals surface area contributed by atoms with Gasteiger partial charge >= 0.3 is 0 Å². The van der Waals surface area contributed by atoms with Gasteiger partial charge in [-0.25, -0.2) is 14.4 Å². The smallest absolute Gasteiger partial charge is 0.227 e. The molecule has 0 unspecified atom stereocenters. The van der Waals surface area contributed by atoms with Crippen LogP contribution < -0.4 is 25.8 Å². The number of halogens is 1. The van der Waals surface area contributed by atoms with Crippen molar-refractivity contribution in [2.24, 2.45) is 0 Å². The molecule has 6 rings (SSSR count). The highest BCUT2D eigenvalue weighted by atomic mass is 19.1. The van der Waals surface area contributed by atoms with E-state index in [2.05, 4.69) is 31.9 Å². The van der Waals surface area contributed by atoms with Gasteiger partial charge in [0.1, 0.15) is 11.5 Å². The van der Waals surface area contributed by atoms with E-state index in [1.54, 1.807) is 36.5 Å². The van der Waals surface area contributed by atoms with Crippen LogP contribution in [0.15, 0.2) is 66.9 Å². The molecule has 0 bridgehead atoms. The predicted molar refractivity (Wildman–Crippen MR) is 172 cm³/mol. The number of morpholine rings is 2. The maximum absolute atomic E-state index is 15.3. The highest BCUT2D eigenvalue weighted by Crippen LogP contribution is 2.35. The van der Waals surface area contributed by atoms with E-state index in [4.69, 9.17) is 14.5 Å². The molecule has 2 aliphatic heterocycles. The first-order valence-corrected chi connectivity index (χ1v) is 14.7. The number of nitrogens with one attached hydrogen (secondary N) is 3. The van der Waals surface area contributed by atoms with Crippen molar-refractivity contribution in [3.05, 3.63) is 78.2 Å². The second-order valence-corrected chi connectivity index (χ2v) is 10.7. The molecule has 3 N–H and O–H groups in total. The van der Waals surface area contributed by atoms with Crippen LogP contribution in [0.4, 0.5) is 44.5 Å². The number of nitriles is 1. The molecule has 11 nitrogen and oxygen atoms in total. The lowest BCUT2D eigenvalue weighted by Crippen LogP contribution is -2.36. The summed E-state index contributed by atoms with van der Waals surface area (Å²) in [7, 11) is 0. The maximum atomic E-state index is 15.3. The van der Waals surface area contributed by atoms with Crippen LogP contribution in [0, 0.1) is 17.1 Å². The summed E-state index contributed by atoms with van der Waals surface area (Å²) >= 11 is 0. The minimum absolute atomic E-state index is 0.245. The Hall–Kier alpha value is -5.25. The van der Waals surface area contributed by atoms with Crippen LogP contribution in [-0.2, 0) is 14.3 Å². The molecule has 230 valence electrons. The van der Waals surface area contributed by atoms with Crippen LogP contribution in [0.3, 0.4) is 0 Å². The van der Waals surface area contributed by atoms with Crippen molar-refractivity contribution < 1.29 is 18.7 Å². The summed E-state index contributed by atoms with van der Waals surface area (Å²) in [4.78, 5) is 25.4. The van der Waals surface area contributed by atoms with Crippen LogP contribution in [0.25, 0.3) is 11.3 Å². The molecule has 0 radical (unpaired) electrons. The first-order chi connectivity index (χ1) is 22.0. The Morgan fingerprint density at radius 2 is 1.60 bits per heavy atom. The van der Waals surface area contributed by atoms with Crippen LogP contribution in [0.2, 0.25) is 0 Å². The van der Waals surface area contributed by atoms with E-state index in [0.717, 1.165) is 24.5 Å². The fraction of sp³-hybridized carbons (Fsp3) is 0.273.